The summed E-state index contributed by atoms with van der Waals surface area (Å²) in [6, 6.07) is 0. The van der Waals surface area contributed by atoms with Crippen molar-refractivity contribution < 1.29 is 4.79 Å². The SMILES string of the molecule is Cc1nc(CCc2scnc2C)sc1C=O. The van der Waals surface area contributed by atoms with Crippen molar-refractivity contribution in [2.45, 2.75) is 26.7 Å². The fraction of sp³-hybridized carbons (Fsp3) is 0.364. The second kappa shape index (κ2) is 4.84. The van der Waals surface area contributed by atoms with Gasteiger partial charge in [0.05, 0.1) is 26.8 Å². The summed E-state index contributed by atoms with van der Waals surface area (Å²) in [6.07, 6.45) is 2.73. The Kier molecular flexibility index (Phi) is 3.46. The number of nitrogens with zero attached hydrogens (tertiary/aromatic N) is 2. The summed E-state index contributed by atoms with van der Waals surface area (Å²) in [7, 11) is 0. The molecule has 0 aliphatic carbocycles. The second-order valence-electron chi connectivity index (χ2n) is 3.54. The molecule has 16 heavy (non-hydrogen) atoms. The maximum atomic E-state index is 10.7. The maximum absolute atomic E-state index is 10.7. The average Bonchev–Trinajstić information content (AvgIpc) is 2.82. The number of rotatable bonds is 4. The lowest BCUT2D eigenvalue weighted by molar-refractivity contribution is 0.112. The molecule has 0 radical (unpaired) electrons. The minimum atomic E-state index is 0.746. The zero-order chi connectivity index (χ0) is 11.5. The third kappa shape index (κ3) is 2.36. The number of aromatic nitrogens is 2. The molecule has 0 N–H and O–H groups in total. The van der Waals surface area contributed by atoms with Crippen LogP contribution in [-0.2, 0) is 12.8 Å². The van der Waals surface area contributed by atoms with Gasteiger partial charge in [0.25, 0.3) is 0 Å². The largest absolute Gasteiger partial charge is 0.297 e. The molecule has 2 aromatic heterocycles. The Hall–Kier alpha value is -1.07. The number of aryl methyl sites for hydroxylation is 4. The predicted molar refractivity (Wildman–Crippen MR) is 66.5 cm³/mol. The first-order valence-electron chi connectivity index (χ1n) is 5.01. The third-order valence-electron chi connectivity index (χ3n) is 2.39. The molecule has 0 unspecified atom stereocenters. The smallest absolute Gasteiger partial charge is 0.161 e. The average molecular weight is 252 g/mol. The van der Waals surface area contributed by atoms with E-state index in [0.29, 0.717) is 0 Å². The first-order chi connectivity index (χ1) is 7.70. The molecule has 0 amide bonds. The zero-order valence-electron chi connectivity index (χ0n) is 9.19. The maximum Gasteiger partial charge on any atom is 0.161 e. The molecule has 0 spiro atoms. The molecule has 0 bridgehead atoms. The molecule has 2 rings (SSSR count). The van der Waals surface area contributed by atoms with Gasteiger partial charge in [-0.05, 0) is 20.3 Å². The number of carbonyl (C=O) groups is 1. The molecule has 0 saturated carbocycles. The Morgan fingerprint density at radius 2 is 2.12 bits per heavy atom. The molecule has 2 heterocycles. The van der Waals surface area contributed by atoms with Gasteiger partial charge in [0.15, 0.2) is 6.29 Å². The van der Waals surface area contributed by atoms with Gasteiger partial charge in [0, 0.05) is 11.3 Å². The van der Waals surface area contributed by atoms with Crippen molar-refractivity contribution in [3.05, 3.63) is 31.7 Å². The van der Waals surface area contributed by atoms with Gasteiger partial charge in [0.1, 0.15) is 0 Å². The van der Waals surface area contributed by atoms with Crippen LogP contribution in [0, 0.1) is 13.8 Å². The number of aldehydes is 1. The number of carbonyl (C=O) groups excluding carboxylic acids is 1. The van der Waals surface area contributed by atoms with E-state index in [-0.39, 0.29) is 0 Å². The summed E-state index contributed by atoms with van der Waals surface area (Å²) < 4.78 is 0. The van der Waals surface area contributed by atoms with Crippen molar-refractivity contribution in [2.75, 3.05) is 0 Å². The van der Waals surface area contributed by atoms with Gasteiger partial charge >= 0.3 is 0 Å². The Balaban J connectivity index is 2.05. The van der Waals surface area contributed by atoms with Crippen molar-refractivity contribution in [2.24, 2.45) is 0 Å². The first-order valence-corrected chi connectivity index (χ1v) is 6.70. The minimum absolute atomic E-state index is 0.746. The van der Waals surface area contributed by atoms with Crippen LogP contribution in [0.25, 0.3) is 0 Å². The summed E-state index contributed by atoms with van der Waals surface area (Å²) in [4.78, 5) is 21.3. The fourth-order valence-electron chi connectivity index (χ4n) is 1.47. The summed E-state index contributed by atoms with van der Waals surface area (Å²) in [5.41, 5.74) is 3.82. The lowest BCUT2D eigenvalue weighted by Gasteiger charge is -1.95. The van der Waals surface area contributed by atoms with Crippen LogP contribution in [0.2, 0.25) is 0 Å². The highest BCUT2D eigenvalue weighted by Crippen LogP contribution is 2.20. The van der Waals surface area contributed by atoms with E-state index >= 15 is 0 Å². The van der Waals surface area contributed by atoms with E-state index in [4.69, 9.17) is 0 Å². The van der Waals surface area contributed by atoms with Crippen molar-refractivity contribution in [3.8, 4) is 0 Å². The standard InChI is InChI=1S/C11H12N2OS2/c1-7-9(15-6-12-7)3-4-11-13-8(2)10(5-14)16-11/h5-6H,3-4H2,1-2H3. The molecular weight excluding hydrogens is 240 g/mol. The molecule has 0 aliphatic rings. The Bertz CT molecular complexity index is 502. The van der Waals surface area contributed by atoms with Crippen LogP contribution in [0.3, 0.4) is 0 Å². The molecule has 0 atom stereocenters. The summed E-state index contributed by atoms with van der Waals surface area (Å²) in [5, 5.41) is 1.03. The topological polar surface area (TPSA) is 42.9 Å². The summed E-state index contributed by atoms with van der Waals surface area (Å²) in [6.45, 7) is 3.90. The summed E-state index contributed by atoms with van der Waals surface area (Å²) in [5.74, 6) is 0. The van der Waals surface area contributed by atoms with E-state index in [1.54, 1.807) is 11.3 Å². The van der Waals surface area contributed by atoms with E-state index < -0.39 is 0 Å². The monoisotopic (exact) mass is 252 g/mol. The Morgan fingerprint density at radius 3 is 2.69 bits per heavy atom. The Morgan fingerprint density at radius 1 is 1.31 bits per heavy atom. The lowest BCUT2D eigenvalue weighted by Crippen LogP contribution is -1.90. The molecule has 2 aromatic rings. The fourth-order valence-corrected chi connectivity index (χ4v) is 3.13. The van der Waals surface area contributed by atoms with Crippen LogP contribution >= 0.6 is 22.7 Å². The van der Waals surface area contributed by atoms with Gasteiger partial charge in [-0.2, -0.15) is 0 Å². The van der Waals surface area contributed by atoms with Gasteiger partial charge < -0.3 is 0 Å². The molecular formula is C11H12N2OS2. The van der Waals surface area contributed by atoms with Crippen molar-refractivity contribution >= 4 is 29.0 Å². The highest BCUT2D eigenvalue weighted by molar-refractivity contribution is 7.13. The highest BCUT2D eigenvalue weighted by Gasteiger charge is 2.08. The van der Waals surface area contributed by atoms with Crippen molar-refractivity contribution in [1.82, 2.24) is 9.97 Å². The number of hydrogen-bond acceptors (Lipinski definition) is 5. The number of hydrogen-bond donors (Lipinski definition) is 0. The number of thiazole rings is 2. The van der Waals surface area contributed by atoms with Crippen LogP contribution < -0.4 is 0 Å². The Labute approximate surface area is 102 Å². The third-order valence-corrected chi connectivity index (χ3v) is 4.53. The molecule has 3 nitrogen and oxygen atoms in total. The predicted octanol–water partition coefficient (Wildman–Crippen LogP) is 2.81. The molecule has 0 fully saturated rings. The second-order valence-corrected chi connectivity index (χ2v) is 5.59. The van der Waals surface area contributed by atoms with Crippen LogP contribution in [0.1, 0.15) is 30.9 Å². The van der Waals surface area contributed by atoms with Crippen LogP contribution in [0.5, 0.6) is 0 Å². The van der Waals surface area contributed by atoms with Crippen LogP contribution in [0.15, 0.2) is 5.51 Å². The lowest BCUT2D eigenvalue weighted by atomic mass is 10.2. The minimum Gasteiger partial charge on any atom is -0.297 e. The highest BCUT2D eigenvalue weighted by atomic mass is 32.1. The van der Waals surface area contributed by atoms with E-state index in [0.717, 1.165) is 40.4 Å². The van der Waals surface area contributed by atoms with E-state index in [1.807, 2.05) is 19.4 Å². The van der Waals surface area contributed by atoms with E-state index in [1.165, 1.54) is 16.2 Å². The summed E-state index contributed by atoms with van der Waals surface area (Å²) >= 11 is 3.17. The van der Waals surface area contributed by atoms with Crippen molar-refractivity contribution in [1.29, 1.82) is 0 Å². The van der Waals surface area contributed by atoms with Crippen LogP contribution in [0.4, 0.5) is 0 Å². The van der Waals surface area contributed by atoms with Gasteiger partial charge in [-0.25, -0.2) is 9.97 Å². The van der Waals surface area contributed by atoms with Gasteiger partial charge in [-0.1, -0.05) is 0 Å². The van der Waals surface area contributed by atoms with Gasteiger partial charge in [0.2, 0.25) is 0 Å². The molecule has 0 saturated heterocycles. The van der Waals surface area contributed by atoms with Gasteiger partial charge in [-0.15, -0.1) is 22.7 Å². The quantitative estimate of drug-likeness (QED) is 0.786. The van der Waals surface area contributed by atoms with Crippen molar-refractivity contribution in [3.63, 3.8) is 0 Å². The zero-order valence-corrected chi connectivity index (χ0v) is 10.8. The molecule has 84 valence electrons. The molecule has 0 aromatic carbocycles. The van der Waals surface area contributed by atoms with Crippen LogP contribution in [-0.4, -0.2) is 16.3 Å². The molecule has 5 heteroatoms. The van der Waals surface area contributed by atoms with E-state index in [9.17, 15) is 4.79 Å². The van der Waals surface area contributed by atoms with Gasteiger partial charge in [-0.3, -0.25) is 4.79 Å². The first kappa shape index (κ1) is 11.4. The normalized spacial score (nSPS) is 10.6. The van der Waals surface area contributed by atoms with E-state index in [2.05, 4.69) is 9.97 Å². The molecule has 0 aliphatic heterocycles.